The Bertz CT molecular complexity index is 482. The van der Waals surface area contributed by atoms with Crippen LogP contribution in [0.2, 0.25) is 0 Å². The lowest BCUT2D eigenvalue weighted by molar-refractivity contribution is -0.118. The molecule has 0 unspecified atom stereocenters. The average molecular weight is 244 g/mol. The Morgan fingerprint density at radius 3 is 2.50 bits per heavy atom. The van der Waals surface area contributed by atoms with Crippen molar-refractivity contribution in [3.8, 4) is 0 Å². The lowest BCUT2D eigenvalue weighted by Gasteiger charge is -2.29. The second kappa shape index (κ2) is 4.73. The number of carbonyl (C=O) groups excluding carboxylic acids is 1. The molecule has 3 rings (SSSR count). The van der Waals surface area contributed by atoms with Crippen LogP contribution >= 0.6 is 0 Å². The van der Waals surface area contributed by atoms with Crippen LogP contribution in [-0.4, -0.2) is 25.5 Å². The molecule has 96 valence electrons. The quantitative estimate of drug-likeness (QED) is 0.815. The second-order valence-electron chi connectivity index (χ2n) is 5.14. The zero-order valence-electron chi connectivity index (χ0n) is 11.0. The van der Waals surface area contributed by atoms with Crippen LogP contribution in [0.15, 0.2) is 12.1 Å². The molecule has 1 aromatic rings. The first kappa shape index (κ1) is 11.7. The number of hydrogen-bond acceptors (Lipinski definition) is 2. The minimum Gasteiger partial charge on any atom is -0.316 e. The number of carbonyl (C=O) groups is 1. The van der Waals surface area contributed by atoms with Crippen molar-refractivity contribution < 1.29 is 4.79 Å². The van der Waals surface area contributed by atoms with Crippen LogP contribution in [0, 0.1) is 0 Å². The van der Waals surface area contributed by atoms with Gasteiger partial charge in [-0.05, 0) is 62.0 Å². The zero-order chi connectivity index (χ0) is 12.5. The molecular weight excluding hydrogens is 224 g/mol. The number of aryl methyl sites for hydroxylation is 1. The van der Waals surface area contributed by atoms with Gasteiger partial charge in [-0.3, -0.25) is 4.79 Å². The second-order valence-corrected chi connectivity index (χ2v) is 5.14. The fourth-order valence-corrected chi connectivity index (χ4v) is 3.07. The molecule has 18 heavy (non-hydrogen) atoms. The standard InChI is InChI=1S/C15H20N2O/c1-2-17-14-10-12-6-8-16-7-5-11(12)9-13(14)3-4-15(17)18/h9-10,16H,2-8H2,1H3. The highest BCUT2D eigenvalue weighted by molar-refractivity contribution is 5.96. The van der Waals surface area contributed by atoms with Crippen LogP contribution in [0.25, 0.3) is 0 Å². The van der Waals surface area contributed by atoms with Gasteiger partial charge in [0, 0.05) is 18.7 Å². The summed E-state index contributed by atoms with van der Waals surface area (Å²) in [5, 5.41) is 3.44. The predicted molar refractivity (Wildman–Crippen MR) is 73.1 cm³/mol. The lowest BCUT2D eigenvalue weighted by Crippen LogP contribution is -2.35. The number of hydrogen-bond donors (Lipinski definition) is 1. The molecule has 0 fully saturated rings. The van der Waals surface area contributed by atoms with Gasteiger partial charge in [0.25, 0.3) is 0 Å². The smallest absolute Gasteiger partial charge is 0.227 e. The summed E-state index contributed by atoms with van der Waals surface area (Å²) in [5.74, 6) is 0.275. The highest BCUT2D eigenvalue weighted by atomic mass is 16.2. The number of amides is 1. The highest BCUT2D eigenvalue weighted by Crippen LogP contribution is 2.31. The van der Waals surface area contributed by atoms with E-state index in [4.69, 9.17) is 0 Å². The fourth-order valence-electron chi connectivity index (χ4n) is 3.07. The minimum atomic E-state index is 0.275. The van der Waals surface area contributed by atoms with E-state index in [1.807, 2.05) is 4.90 Å². The predicted octanol–water partition coefficient (Wildman–Crippen LogP) is 1.67. The minimum absolute atomic E-state index is 0.275. The van der Waals surface area contributed by atoms with E-state index in [1.165, 1.54) is 16.7 Å². The van der Waals surface area contributed by atoms with Crippen molar-refractivity contribution >= 4 is 11.6 Å². The maximum absolute atomic E-state index is 11.9. The number of nitrogens with zero attached hydrogens (tertiary/aromatic N) is 1. The summed E-state index contributed by atoms with van der Waals surface area (Å²) in [6.45, 7) is 4.96. The topological polar surface area (TPSA) is 32.3 Å². The Balaban J connectivity index is 2.06. The molecule has 1 amide bonds. The Labute approximate surface area is 108 Å². The first-order chi connectivity index (χ1) is 8.79. The van der Waals surface area contributed by atoms with Gasteiger partial charge >= 0.3 is 0 Å². The van der Waals surface area contributed by atoms with E-state index in [0.717, 1.165) is 44.6 Å². The van der Waals surface area contributed by atoms with Gasteiger partial charge < -0.3 is 10.2 Å². The van der Waals surface area contributed by atoms with Crippen LogP contribution in [0.5, 0.6) is 0 Å². The first-order valence-corrected chi connectivity index (χ1v) is 6.95. The molecule has 0 saturated carbocycles. The average Bonchev–Trinajstić information content (AvgIpc) is 2.61. The third kappa shape index (κ3) is 1.93. The van der Waals surface area contributed by atoms with Gasteiger partial charge in [0.05, 0.1) is 0 Å². The third-order valence-electron chi connectivity index (χ3n) is 4.06. The van der Waals surface area contributed by atoms with Crippen LogP contribution in [0.4, 0.5) is 5.69 Å². The van der Waals surface area contributed by atoms with Crippen LogP contribution in [0.1, 0.15) is 30.0 Å². The lowest BCUT2D eigenvalue weighted by atomic mass is 9.93. The van der Waals surface area contributed by atoms with Crippen LogP contribution in [-0.2, 0) is 24.1 Å². The van der Waals surface area contributed by atoms with Crippen molar-refractivity contribution in [2.45, 2.75) is 32.6 Å². The largest absolute Gasteiger partial charge is 0.316 e. The number of nitrogens with one attached hydrogen (secondary N) is 1. The van der Waals surface area contributed by atoms with E-state index >= 15 is 0 Å². The van der Waals surface area contributed by atoms with Crippen molar-refractivity contribution in [2.75, 3.05) is 24.5 Å². The molecule has 0 saturated heterocycles. The van der Waals surface area contributed by atoms with Crippen molar-refractivity contribution in [1.82, 2.24) is 5.32 Å². The van der Waals surface area contributed by atoms with Crippen molar-refractivity contribution in [3.63, 3.8) is 0 Å². The van der Waals surface area contributed by atoms with E-state index in [0.29, 0.717) is 6.42 Å². The first-order valence-electron chi connectivity index (χ1n) is 6.95. The molecule has 1 N–H and O–H groups in total. The van der Waals surface area contributed by atoms with Crippen molar-refractivity contribution in [2.24, 2.45) is 0 Å². The molecule has 0 atom stereocenters. The van der Waals surface area contributed by atoms with Gasteiger partial charge in [0.15, 0.2) is 0 Å². The molecular formula is C15H20N2O. The molecule has 1 aromatic carbocycles. The molecule has 2 aliphatic rings. The van der Waals surface area contributed by atoms with E-state index in [2.05, 4.69) is 24.4 Å². The van der Waals surface area contributed by atoms with Gasteiger partial charge in [0.2, 0.25) is 5.91 Å². The van der Waals surface area contributed by atoms with Gasteiger partial charge in [-0.25, -0.2) is 0 Å². The van der Waals surface area contributed by atoms with Gasteiger partial charge in [0.1, 0.15) is 0 Å². The third-order valence-corrected chi connectivity index (χ3v) is 4.06. The summed E-state index contributed by atoms with van der Waals surface area (Å²) in [6, 6.07) is 4.60. The molecule has 0 aliphatic carbocycles. The molecule has 3 nitrogen and oxygen atoms in total. The van der Waals surface area contributed by atoms with E-state index in [9.17, 15) is 4.79 Å². The van der Waals surface area contributed by atoms with E-state index < -0.39 is 0 Å². The van der Waals surface area contributed by atoms with E-state index in [1.54, 1.807) is 0 Å². The van der Waals surface area contributed by atoms with Crippen molar-refractivity contribution in [3.05, 3.63) is 28.8 Å². The summed E-state index contributed by atoms with van der Waals surface area (Å²) in [5.41, 5.74) is 5.42. The van der Waals surface area contributed by atoms with Gasteiger partial charge in [-0.2, -0.15) is 0 Å². The Morgan fingerprint density at radius 1 is 1.06 bits per heavy atom. The Kier molecular flexibility index (Phi) is 3.08. The number of fused-ring (bicyclic) bond motifs is 2. The Morgan fingerprint density at radius 2 is 1.78 bits per heavy atom. The molecule has 3 heteroatoms. The summed E-state index contributed by atoms with van der Waals surface area (Å²) < 4.78 is 0. The number of benzene rings is 1. The molecule has 0 bridgehead atoms. The highest BCUT2D eigenvalue weighted by Gasteiger charge is 2.24. The number of rotatable bonds is 1. The molecule has 0 spiro atoms. The van der Waals surface area contributed by atoms with Crippen LogP contribution < -0.4 is 10.2 Å². The van der Waals surface area contributed by atoms with E-state index in [-0.39, 0.29) is 5.91 Å². The summed E-state index contributed by atoms with van der Waals surface area (Å²) in [6.07, 6.45) is 3.76. The maximum Gasteiger partial charge on any atom is 0.227 e. The van der Waals surface area contributed by atoms with Gasteiger partial charge in [-0.1, -0.05) is 6.07 Å². The summed E-state index contributed by atoms with van der Waals surface area (Å²) in [7, 11) is 0. The van der Waals surface area contributed by atoms with Crippen molar-refractivity contribution in [1.29, 1.82) is 0 Å². The monoisotopic (exact) mass is 244 g/mol. The van der Waals surface area contributed by atoms with Crippen LogP contribution in [0.3, 0.4) is 0 Å². The Hall–Kier alpha value is -1.35. The molecule has 2 aliphatic heterocycles. The normalized spacial score (nSPS) is 19.2. The fraction of sp³-hybridized carbons (Fsp3) is 0.533. The molecule has 0 radical (unpaired) electrons. The van der Waals surface area contributed by atoms with Gasteiger partial charge in [-0.15, -0.1) is 0 Å². The zero-order valence-corrected chi connectivity index (χ0v) is 11.0. The molecule has 2 heterocycles. The number of anilines is 1. The summed E-state index contributed by atoms with van der Waals surface area (Å²) in [4.78, 5) is 13.9. The SMILES string of the molecule is CCN1C(=O)CCc2cc3c(cc21)CCNCC3. The maximum atomic E-state index is 11.9. The summed E-state index contributed by atoms with van der Waals surface area (Å²) >= 11 is 0. The molecule has 0 aromatic heterocycles.